The zero-order valence-electron chi connectivity index (χ0n) is 19.1. The number of rotatable bonds is 9. The molecular weight excluding hydrogens is 468 g/mol. The molecule has 1 heterocycles. The van der Waals surface area contributed by atoms with Crippen molar-refractivity contribution < 1.29 is 32.6 Å². The maximum Gasteiger partial charge on any atom is 0.387 e. The number of alkyl halides is 2. The number of aryl methyl sites for hydroxylation is 2. The van der Waals surface area contributed by atoms with Crippen LogP contribution in [0.2, 0.25) is 5.02 Å². The average molecular weight is 492 g/mol. The minimum Gasteiger partial charge on any atom is -0.482 e. The van der Waals surface area contributed by atoms with Gasteiger partial charge in [-0.25, -0.2) is 4.79 Å². The molecule has 0 N–H and O–H groups in total. The van der Waals surface area contributed by atoms with E-state index >= 15 is 0 Å². The molecule has 0 fully saturated rings. The fourth-order valence-corrected chi connectivity index (χ4v) is 3.66. The number of aromatic nitrogens is 1. The lowest BCUT2D eigenvalue weighted by molar-refractivity contribution is -0.148. The molecule has 2 aromatic carbocycles. The van der Waals surface area contributed by atoms with E-state index in [-0.39, 0.29) is 18.1 Å². The zero-order chi connectivity index (χ0) is 25.0. The van der Waals surface area contributed by atoms with Crippen LogP contribution in [0.3, 0.4) is 0 Å². The van der Waals surface area contributed by atoms with Crippen LogP contribution in [0.5, 0.6) is 11.5 Å². The van der Waals surface area contributed by atoms with E-state index in [1.807, 2.05) is 13.8 Å². The molecule has 0 saturated heterocycles. The van der Waals surface area contributed by atoms with Gasteiger partial charge in [-0.05, 0) is 81.8 Å². The fourth-order valence-electron chi connectivity index (χ4n) is 3.54. The quantitative estimate of drug-likeness (QED) is 0.277. The number of Topliss-reactive ketones (excluding diaryl/α,β-unsaturated/α-hetero) is 1. The van der Waals surface area contributed by atoms with E-state index in [2.05, 4.69) is 4.74 Å². The molecule has 0 aliphatic heterocycles. The summed E-state index contributed by atoms with van der Waals surface area (Å²) in [5, 5.41) is 0.587. The van der Waals surface area contributed by atoms with E-state index in [1.165, 1.54) is 19.1 Å². The summed E-state index contributed by atoms with van der Waals surface area (Å²) in [6.45, 7) is 3.61. The Hall–Kier alpha value is -3.39. The van der Waals surface area contributed by atoms with Gasteiger partial charge in [-0.15, -0.1) is 0 Å². The number of carbonyl (C=O) groups is 2. The van der Waals surface area contributed by atoms with Crippen molar-refractivity contribution in [2.75, 3.05) is 6.61 Å². The highest BCUT2D eigenvalue weighted by atomic mass is 35.5. The molecule has 0 radical (unpaired) electrons. The molecule has 34 heavy (non-hydrogen) atoms. The Kier molecular flexibility index (Phi) is 7.94. The van der Waals surface area contributed by atoms with Gasteiger partial charge in [0.1, 0.15) is 11.5 Å². The van der Waals surface area contributed by atoms with Gasteiger partial charge in [-0.3, -0.25) is 4.79 Å². The van der Waals surface area contributed by atoms with Crippen molar-refractivity contribution in [1.82, 2.24) is 4.57 Å². The fraction of sp³-hybridized carbons (Fsp3) is 0.280. The summed E-state index contributed by atoms with van der Waals surface area (Å²) < 4.78 is 41.6. The van der Waals surface area contributed by atoms with E-state index < -0.39 is 18.7 Å². The van der Waals surface area contributed by atoms with Crippen LogP contribution in [0.1, 0.15) is 34.2 Å². The molecular formula is C25H24ClF2NO5. The van der Waals surface area contributed by atoms with Gasteiger partial charge in [-0.2, -0.15) is 8.78 Å². The van der Waals surface area contributed by atoms with Crippen molar-refractivity contribution in [1.29, 1.82) is 0 Å². The number of benzene rings is 2. The Bertz CT molecular complexity index is 1190. The molecule has 9 heteroatoms. The number of halogens is 3. The van der Waals surface area contributed by atoms with E-state index in [1.54, 1.807) is 47.9 Å². The average Bonchev–Trinajstić information content (AvgIpc) is 3.08. The number of ketones is 1. The Labute approximate surface area is 201 Å². The van der Waals surface area contributed by atoms with Crippen molar-refractivity contribution in [2.45, 2.75) is 40.4 Å². The molecule has 180 valence electrons. The van der Waals surface area contributed by atoms with Crippen LogP contribution >= 0.6 is 11.6 Å². The summed E-state index contributed by atoms with van der Waals surface area (Å²) in [7, 11) is 0. The first kappa shape index (κ1) is 25.2. The number of nitrogens with zero attached hydrogens (tertiary/aromatic N) is 1. The van der Waals surface area contributed by atoms with Crippen LogP contribution in [0.25, 0.3) is 5.69 Å². The van der Waals surface area contributed by atoms with Crippen molar-refractivity contribution in [3.05, 3.63) is 76.1 Å². The standard InChI is InChI=1S/C25H24ClF2NO5/c1-14-11-20(9-10-22(14)26)32-13-23(30)33-17(4)24(31)21-12-15(2)29(16(21)3)18-5-7-19(8-6-18)34-25(27)28/h5-12,17,25H,13H2,1-4H3. The number of hydrogen-bond donors (Lipinski definition) is 0. The first-order valence-corrected chi connectivity index (χ1v) is 10.8. The van der Waals surface area contributed by atoms with E-state index in [0.29, 0.717) is 27.7 Å². The van der Waals surface area contributed by atoms with Gasteiger partial charge < -0.3 is 18.8 Å². The number of ether oxygens (including phenoxy) is 3. The molecule has 0 spiro atoms. The van der Waals surface area contributed by atoms with Gasteiger partial charge in [0.2, 0.25) is 5.78 Å². The van der Waals surface area contributed by atoms with Gasteiger partial charge in [-0.1, -0.05) is 11.6 Å². The SMILES string of the molecule is Cc1cc(OCC(=O)OC(C)C(=O)c2cc(C)n(-c3ccc(OC(F)F)cc3)c2C)ccc1Cl. The first-order chi connectivity index (χ1) is 16.1. The molecule has 1 unspecified atom stereocenters. The number of esters is 1. The third-order valence-corrected chi connectivity index (χ3v) is 5.60. The molecule has 3 rings (SSSR count). The van der Waals surface area contributed by atoms with Crippen LogP contribution in [-0.4, -0.2) is 35.6 Å². The van der Waals surface area contributed by atoms with E-state index in [4.69, 9.17) is 21.1 Å². The van der Waals surface area contributed by atoms with Crippen LogP contribution in [0.4, 0.5) is 8.78 Å². The number of carbonyl (C=O) groups excluding carboxylic acids is 2. The summed E-state index contributed by atoms with van der Waals surface area (Å²) in [6, 6.07) is 12.8. The van der Waals surface area contributed by atoms with Crippen molar-refractivity contribution >= 4 is 23.4 Å². The minimum atomic E-state index is -2.91. The van der Waals surface area contributed by atoms with Gasteiger partial charge in [0, 0.05) is 27.7 Å². The summed E-state index contributed by atoms with van der Waals surface area (Å²) >= 11 is 5.98. The molecule has 6 nitrogen and oxygen atoms in total. The van der Waals surface area contributed by atoms with Crippen LogP contribution in [0, 0.1) is 20.8 Å². The van der Waals surface area contributed by atoms with Crippen molar-refractivity contribution in [3.8, 4) is 17.2 Å². The second-order valence-corrected chi connectivity index (χ2v) is 8.10. The molecule has 0 aliphatic rings. The normalized spacial score (nSPS) is 11.9. The third kappa shape index (κ3) is 5.94. The van der Waals surface area contributed by atoms with Gasteiger partial charge in [0.05, 0.1) is 0 Å². The topological polar surface area (TPSA) is 66.8 Å². The Morgan fingerprint density at radius 2 is 1.65 bits per heavy atom. The minimum absolute atomic E-state index is 0.0361. The Morgan fingerprint density at radius 3 is 2.26 bits per heavy atom. The lowest BCUT2D eigenvalue weighted by Gasteiger charge is -2.14. The third-order valence-electron chi connectivity index (χ3n) is 5.18. The molecule has 1 aromatic heterocycles. The molecule has 0 amide bonds. The van der Waals surface area contributed by atoms with Crippen LogP contribution in [0.15, 0.2) is 48.5 Å². The Balaban J connectivity index is 1.67. The molecule has 0 bridgehead atoms. The molecule has 0 aliphatic carbocycles. The number of hydrogen-bond acceptors (Lipinski definition) is 5. The van der Waals surface area contributed by atoms with Gasteiger partial charge in [0.15, 0.2) is 12.7 Å². The lowest BCUT2D eigenvalue weighted by atomic mass is 10.1. The maximum atomic E-state index is 13.0. The van der Waals surface area contributed by atoms with E-state index in [9.17, 15) is 18.4 Å². The van der Waals surface area contributed by atoms with Gasteiger partial charge >= 0.3 is 12.6 Å². The predicted molar refractivity (Wildman–Crippen MR) is 123 cm³/mol. The summed E-state index contributed by atoms with van der Waals surface area (Å²) in [6.07, 6.45) is -1.03. The smallest absolute Gasteiger partial charge is 0.387 e. The summed E-state index contributed by atoms with van der Waals surface area (Å²) in [4.78, 5) is 25.2. The first-order valence-electron chi connectivity index (χ1n) is 10.4. The highest BCUT2D eigenvalue weighted by Crippen LogP contribution is 2.25. The second kappa shape index (κ2) is 10.7. The van der Waals surface area contributed by atoms with Crippen molar-refractivity contribution in [2.24, 2.45) is 0 Å². The van der Waals surface area contributed by atoms with Gasteiger partial charge in [0.25, 0.3) is 0 Å². The molecule has 0 saturated carbocycles. The summed E-state index contributed by atoms with van der Waals surface area (Å²) in [5.41, 5.74) is 3.25. The molecule has 1 atom stereocenters. The van der Waals surface area contributed by atoms with E-state index in [0.717, 1.165) is 11.3 Å². The predicted octanol–water partition coefficient (Wildman–Crippen LogP) is 5.85. The lowest BCUT2D eigenvalue weighted by Crippen LogP contribution is -2.27. The zero-order valence-corrected chi connectivity index (χ0v) is 19.9. The second-order valence-electron chi connectivity index (χ2n) is 7.69. The Morgan fingerprint density at radius 1 is 1.00 bits per heavy atom. The molecule has 3 aromatic rings. The highest BCUT2D eigenvalue weighted by Gasteiger charge is 2.24. The largest absolute Gasteiger partial charge is 0.482 e. The monoisotopic (exact) mass is 491 g/mol. The summed E-state index contributed by atoms with van der Waals surface area (Å²) in [5.74, 6) is -0.551. The maximum absolute atomic E-state index is 13.0. The van der Waals surface area contributed by atoms with Crippen LogP contribution in [-0.2, 0) is 9.53 Å². The van der Waals surface area contributed by atoms with Crippen molar-refractivity contribution in [3.63, 3.8) is 0 Å². The van der Waals surface area contributed by atoms with Crippen LogP contribution < -0.4 is 9.47 Å². The highest BCUT2D eigenvalue weighted by molar-refractivity contribution is 6.31.